The zero-order chi connectivity index (χ0) is 27.5. The molecule has 0 aliphatic carbocycles. The van der Waals surface area contributed by atoms with E-state index in [2.05, 4.69) is 25.2 Å². The molecule has 0 amide bonds. The molecule has 206 valence electrons. The van der Waals surface area contributed by atoms with Crippen molar-refractivity contribution in [1.82, 2.24) is 29.7 Å². The van der Waals surface area contributed by atoms with Crippen molar-refractivity contribution in [3.05, 3.63) is 47.5 Å². The standard InChI is InChI=1S/C23H33ClN8O3.CO2/c24-16-4-2-15(3-5-16)6-8-27-9-11-31(10-1-7-25)12-17-19(33)20(34)23(35-17)32-14-30-18-21(26)28-13-29-22(18)32;2-1-3/h2-5,13-14,17,19-20,23,27,33-34H,1,6-12,25H2,(H2,26,28,29);/t17-,19-,20-,23?;/m1./s1. The Morgan fingerprint density at radius 2 is 1.84 bits per heavy atom. The first-order chi connectivity index (χ1) is 18.4. The molecule has 0 saturated carbocycles. The van der Waals surface area contributed by atoms with E-state index in [1.54, 1.807) is 4.57 Å². The Kier molecular flexibility index (Phi) is 11.5. The topological polar surface area (TPSA) is 195 Å². The number of imidazole rings is 1. The van der Waals surface area contributed by atoms with Gasteiger partial charge in [-0.3, -0.25) is 9.47 Å². The number of fused-ring (bicyclic) bond motifs is 1. The molecule has 14 heteroatoms. The van der Waals surface area contributed by atoms with E-state index in [1.807, 2.05) is 24.3 Å². The van der Waals surface area contributed by atoms with Crippen LogP contribution in [0, 0.1) is 0 Å². The molecule has 1 unspecified atom stereocenters. The normalized spacial score (nSPS) is 20.9. The van der Waals surface area contributed by atoms with Gasteiger partial charge in [-0.15, -0.1) is 0 Å². The number of hydrogen-bond donors (Lipinski definition) is 5. The molecule has 1 fully saturated rings. The van der Waals surface area contributed by atoms with E-state index >= 15 is 0 Å². The molecule has 4 rings (SSSR count). The van der Waals surface area contributed by atoms with Gasteiger partial charge in [0.2, 0.25) is 0 Å². The highest BCUT2D eigenvalue weighted by Crippen LogP contribution is 2.32. The number of aromatic nitrogens is 4. The summed E-state index contributed by atoms with van der Waals surface area (Å²) in [5, 5.41) is 25.7. The van der Waals surface area contributed by atoms with Gasteiger partial charge >= 0.3 is 6.15 Å². The van der Waals surface area contributed by atoms with E-state index in [4.69, 9.17) is 37.4 Å². The lowest BCUT2D eigenvalue weighted by atomic mass is 10.1. The lowest BCUT2D eigenvalue weighted by Gasteiger charge is -2.26. The van der Waals surface area contributed by atoms with Crippen molar-refractivity contribution in [2.75, 3.05) is 45.0 Å². The minimum absolute atomic E-state index is 0.245. The molecular formula is C24H33ClN8O5. The van der Waals surface area contributed by atoms with Crippen molar-refractivity contribution in [3.63, 3.8) is 0 Å². The minimum Gasteiger partial charge on any atom is -0.387 e. The molecule has 7 N–H and O–H groups in total. The van der Waals surface area contributed by atoms with Crippen LogP contribution in [0.2, 0.25) is 5.02 Å². The molecule has 0 bridgehead atoms. The summed E-state index contributed by atoms with van der Waals surface area (Å²) in [5.74, 6) is 0.245. The second kappa shape index (κ2) is 14.8. The van der Waals surface area contributed by atoms with E-state index in [9.17, 15) is 10.2 Å². The Morgan fingerprint density at radius 1 is 1.11 bits per heavy atom. The first-order valence-electron chi connectivity index (χ1n) is 12.2. The van der Waals surface area contributed by atoms with Gasteiger partial charge in [-0.1, -0.05) is 23.7 Å². The molecule has 38 heavy (non-hydrogen) atoms. The summed E-state index contributed by atoms with van der Waals surface area (Å²) >= 11 is 5.94. The summed E-state index contributed by atoms with van der Waals surface area (Å²) in [5.41, 5.74) is 13.7. The van der Waals surface area contributed by atoms with E-state index in [1.165, 1.54) is 18.2 Å². The van der Waals surface area contributed by atoms with Crippen LogP contribution >= 0.6 is 11.6 Å². The maximum absolute atomic E-state index is 10.7. The van der Waals surface area contributed by atoms with Crippen LogP contribution in [0.3, 0.4) is 0 Å². The second-order valence-corrected chi connectivity index (χ2v) is 9.22. The Balaban J connectivity index is 0.00000127. The summed E-state index contributed by atoms with van der Waals surface area (Å²) in [6, 6.07) is 7.85. The van der Waals surface area contributed by atoms with Gasteiger partial charge in [-0.25, -0.2) is 15.0 Å². The molecule has 13 nitrogen and oxygen atoms in total. The van der Waals surface area contributed by atoms with E-state index in [0.29, 0.717) is 24.3 Å². The number of nitrogen functional groups attached to an aromatic ring is 1. The van der Waals surface area contributed by atoms with Crippen LogP contribution in [0.15, 0.2) is 36.9 Å². The third-order valence-electron chi connectivity index (χ3n) is 6.22. The van der Waals surface area contributed by atoms with Crippen LogP contribution in [0.1, 0.15) is 18.2 Å². The van der Waals surface area contributed by atoms with Crippen molar-refractivity contribution in [2.24, 2.45) is 5.73 Å². The lowest BCUT2D eigenvalue weighted by Crippen LogP contribution is -2.43. The maximum atomic E-state index is 10.7. The number of nitrogens with two attached hydrogens (primary N) is 2. The minimum atomic E-state index is -1.14. The van der Waals surface area contributed by atoms with Gasteiger partial charge in [0.1, 0.15) is 30.2 Å². The number of ether oxygens (including phenoxy) is 1. The number of benzene rings is 1. The molecular weight excluding hydrogens is 516 g/mol. The fraction of sp³-hybridized carbons (Fsp3) is 0.500. The molecule has 1 aliphatic heterocycles. The van der Waals surface area contributed by atoms with Crippen molar-refractivity contribution in [3.8, 4) is 0 Å². The van der Waals surface area contributed by atoms with Crippen LogP contribution in [0.4, 0.5) is 5.82 Å². The number of aliphatic hydroxyl groups is 2. The number of hydrogen-bond acceptors (Lipinski definition) is 12. The Bertz CT molecular complexity index is 1170. The first-order valence-corrected chi connectivity index (χ1v) is 12.6. The quantitative estimate of drug-likeness (QED) is 0.184. The van der Waals surface area contributed by atoms with Gasteiger partial charge in [-0.2, -0.15) is 9.59 Å². The van der Waals surface area contributed by atoms with Gasteiger partial charge < -0.3 is 31.7 Å². The van der Waals surface area contributed by atoms with Gasteiger partial charge in [0.15, 0.2) is 17.7 Å². The highest BCUT2D eigenvalue weighted by molar-refractivity contribution is 6.30. The summed E-state index contributed by atoms with van der Waals surface area (Å²) in [6.07, 6.45) is 1.20. The van der Waals surface area contributed by atoms with Gasteiger partial charge in [-0.05, 0) is 50.2 Å². The third-order valence-corrected chi connectivity index (χ3v) is 6.48. The van der Waals surface area contributed by atoms with Crippen LogP contribution in [-0.4, -0.2) is 98.4 Å². The van der Waals surface area contributed by atoms with E-state index in [-0.39, 0.29) is 12.0 Å². The Morgan fingerprint density at radius 3 is 2.55 bits per heavy atom. The fourth-order valence-corrected chi connectivity index (χ4v) is 4.40. The second-order valence-electron chi connectivity index (χ2n) is 8.78. The Hall–Kier alpha value is -3.00. The number of carbonyl (C=O) groups excluding carboxylic acids is 2. The molecule has 3 aromatic rings. The van der Waals surface area contributed by atoms with E-state index < -0.39 is 24.5 Å². The molecule has 2 aromatic heterocycles. The summed E-state index contributed by atoms with van der Waals surface area (Å²) in [6.45, 7) is 4.16. The zero-order valence-corrected chi connectivity index (χ0v) is 21.6. The number of rotatable bonds is 12. The average molecular weight is 549 g/mol. The largest absolute Gasteiger partial charge is 0.387 e. The van der Waals surface area contributed by atoms with Crippen LogP contribution in [0.25, 0.3) is 11.2 Å². The summed E-state index contributed by atoms with van der Waals surface area (Å²) in [4.78, 5) is 30.8. The van der Waals surface area contributed by atoms with Crippen molar-refractivity contribution in [1.29, 1.82) is 0 Å². The number of aliphatic hydroxyl groups excluding tert-OH is 2. The predicted octanol–water partition coefficient (Wildman–Crippen LogP) is -0.419. The van der Waals surface area contributed by atoms with Crippen LogP contribution in [0.5, 0.6) is 0 Å². The molecule has 3 heterocycles. The lowest BCUT2D eigenvalue weighted by molar-refractivity contribution is -0.191. The fourth-order valence-electron chi connectivity index (χ4n) is 4.28. The first kappa shape index (κ1) is 29.6. The highest BCUT2D eigenvalue weighted by atomic mass is 35.5. The summed E-state index contributed by atoms with van der Waals surface area (Å²) < 4.78 is 7.69. The van der Waals surface area contributed by atoms with Gasteiger partial charge in [0, 0.05) is 24.7 Å². The SMILES string of the molecule is NCCCN(CCNCCc1ccc(Cl)cc1)C[C@H]1OC(n2cnc3c(N)ncnc32)[C@H](O)[C@@H]1O.O=C=O. The van der Waals surface area contributed by atoms with Crippen molar-refractivity contribution < 1.29 is 24.5 Å². The molecule has 1 aliphatic rings. The van der Waals surface area contributed by atoms with Crippen LogP contribution in [-0.2, 0) is 20.7 Å². The number of nitrogens with one attached hydrogen (secondary N) is 1. The summed E-state index contributed by atoms with van der Waals surface area (Å²) in [7, 11) is 0. The van der Waals surface area contributed by atoms with Gasteiger partial charge in [0.05, 0.1) is 6.33 Å². The number of anilines is 1. The predicted molar refractivity (Wildman–Crippen MR) is 139 cm³/mol. The van der Waals surface area contributed by atoms with Gasteiger partial charge in [0.25, 0.3) is 0 Å². The zero-order valence-electron chi connectivity index (χ0n) is 20.8. The third kappa shape index (κ3) is 7.76. The maximum Gasteiger partial charge on any atom is 0.373 e. The Labute approximate surface area is 224 Å². The van der Waals surface area contributed by atoms with Crippen molar-refractivity contribution in [2.45, 2.75) is 37.4 Å². The molecule has 0 spiro atoms. The molecule has 4 atom stereocenters. The monoisotopic (exact) mass is 548 g/mol. The smallest absolute Gasteiger partial charge is 0.373 e. The molecule has 0 radical (unpaired) electrons. The van der Waals surface area contributed by atoms with E-state index in [0.717, 1.165) is 44.0 Å². The number of halogens is 1. The van der Waals surface area contributed by atoms with Crippen molar-refractivity contribution >= 4 is 34.7 Å². The number of nitrogens with zero attached hydrogens (tertiary/aromatic N) is 5. The average Bonchev–Trinajstić information content (AvgIpc) is 3.45. The van der Waals surface area contributed by atoms with Crippen LogP contribution < -0.4 is 16.8 Å². The molecule has 1 aromatic carbocycles. The molecule has 1 saturated heterocycles. The highest BCUT2D eigenvalue weighted by Gasteiger charge is 2.44.